The summed E-state index contributed by atoms with van der Waals surface area (Å²) in [4.78, 5) is 0. The fourth-order valence-electron chi connectivity index (χ4n) is 1.76. The van der Waals surface area contributed by atoms with Gasteiger partial charge in [-0.15, -0.1) is 0 Å². The van der Waals surface area contributed by atoms with E-state index in [0.717, 1.165) is 11.3 Å². The first-order valence-electron chi connectivity index (χ1n) is 5.88. The van der Waals surface area contributed by atoms with E-state index in [1.807, 2.05) is 0 Å². The highest BCUT2D eigenvalue weighted by Gasteiger charge is 2.03. The Morgan fingerprint density at radius 3 is 2.58 bits per heavy atom. The highest BCUT2D eigenvalue weighted by molar-refractivity contribution is 5.65. The minimum Gasteiger partial charge on any atom is -0.398 e. The van der Waals surface area contributed by atoms with Crippen LogP contribution in [0, 0.1) is 24.1 Å². The van der Waals surface area contributed by atoms with Gasteiger partial charge < -0.3 is 11.1 Å². The lowest BCUT2D eigenvalue weighted by atomic mass is 10.1. The summed E-state index contributed by atoms with van der Waals surface area (Å²) in [5.41, 5.74) is 9.17. The first-order valence-corrected chi connectivity index (χ1v) is 5.88. The van der Waals surface area contributed by atoms with Crippen LogP contribution in [0.3, 0.4) is 0 Å². The Balaban J connectivity index is 2.25. The molecule has 0 aliphatic rings. The number of hydrogen-bond acceptors (Lipinski definition) is 3. The number of halogens is 1. The van der Waals surface area contributed by atoms with Crippen molar-refractivity contribution < 1.29 is 4.39 Å². The average molecular weight is 255 g/mol. The Morgan fingerprint density at radius 1 is 1.21 bits per heavy atom. The summed E-state index contributed by atoms with van der Waals surface area (Å²) >= 11 is 0. The molecule has 0 aromatic heterocycles. The van der Waals surface area contributed by atoms with E-state index < -0.39 is 0 Å². The zero-order valence-corrected chi connectivity index (χ0v) is 10.6. The van der Waals surface area contributed by atoms with Gasteiger partial charge in [-0.25, -0.2) is 4.39 Å². The number of rotatable bonds is 3. The van der Waals surface area contributed by atoms with Crippen molar-refractivity contribution in [3.8, 4) is 6.07 Å². The SMILES string of the molecule is Cc1ccc(Nc2ccc(N)c(CC#N)c2)cc1F. The molecule has 0 spiro atoms. The Kier molecular flexibility index (Phi) is 3.67. The summed E-state index contributed by atoms with van der Waals surface area (Å²) in [6.45, 7) is 1.72. The average Bonchev–Trinajstić information content (AvgIpc) is 2.38. The zero-order valence-electron chi connectivity index (χ0n) is 10.6. The molecule has 2 aromatic carbocycles. The van der Waals surface area contributed by atoms with Crippen molar-refractivity contribution in [2.45, 2.75) is 13.3 Å². The van der Waals surface area contributed by atoms with Crippen molar-refractivity contribution in [1.29, 1.82) is 5.26 Å². The van der Waals surface area contributed by atoms with E-state index in [2.05, 4.69) is 11.4 Å². The molecule has 0 aliphatic carbocycles. The maximum atomic E-state index is 13.4. The van der Waals surface area contributed by atoms with Crippen molar-refractivity contribution in [3.63, 3.8) is 0 Å². The number of nitrogen functional groups attached to an aromatic ring is 1. The fourth-order valence-corrected chi connectivity index (χ4v) is 1.76. The van der Waals surface area contributed by atoms with Gasteiger partial charge in [0.2, 0.25) is 0 Å². The summed E-state index contributed by atoms with van der Waals surface area (Å²) in [5.74, 6) is -0.252. The van der Waals surface area contributed by atoms with Crippen molar-refractivity contribution in [2.75, 3.05) is 11.1 Å². The van der Waals surface area contributed by atoms with E-state index in [0.29, 0.717) is 16.9 Å². The highest BCUT2D eigenvalue weighted by Crippen LogP contribution is 2.23. The first kappa shape index (κ1) is 12.9. The summed E-state index contributed by atoms with van der Waals surface area (Å²) < 4.78 is 13.4. The topological polar surface area (TPSA) is 61.8 Å². The van der Waals surface area contributed by atoms with Crippen LogP contribution in [0.25, 0.3) is 0 Å². The zero-order chi connectivity index (χ0) is 13.8. The molecule has 0 unspecified atom stereocenters. The second kappa shape index (κ2) is 5.40. The largest absolute Gasteiger partial charge is 0.398 e. The molecule has 0 fully saturated rings. The summed E-state index contributed by atoms with van der Waals surface area (Å²) in [7, 11) is 0. The molecule has 96 valence electrons. The smallest absolute Gasteiger partial charge is 0.128 e. The second-order valence-corrected chi connectivity index (χ2v) is 4.34. The second-order valence-electron chi connectivity index (χ2n) is 4.34. The van der Waals surface area contributed by atoms with Gasteiger partial charge in [0.1, 0.15) is 5.82 Å². The summed E-state index contributed by atoms with van der Waals surface area (Å²) in [6, 6.07) is 12.4. The van der Waals surface area contributed by atoms with Crippen LogP contribution in [0.1, 0.15) is 11.1 Å². The van der Waals surface area contributed by atoms with E-state index in [4.69, 9.17) is 11.0 Å². The maximum Gasteiger partial charge on any atom is 0.128 e. The molecule has 2 rings (SSSR count). The van der Waals surface area contributed by atoms with Crippen molar-refractivity contribution in [2.24, 2.45) is 0 Å². The summed E-state index contributed by atoms with van der Waals surface area (Å²) in [5, 5.41) is 11.8. The predicted octanol–water partition coefficient (Wildman–Crippen LogP) is 3.53. The van der Waals surface area contributed by atoms with Crippen LogP contribution in [-0.4, -0.2) is 0 Å². The molecule has 0 saturated heterocycles. The fraction of sp³-hybridized carbons (Fsp3) is 0.133. The minimum absolute atomic E-state index is 0.252. The molecule has 0 heterocycles. The number of benzene rings is 2. The molecular formula is C15H14FN3. The molecule has 3 N–H and O–H groups in total. The molecule has 19 heavy (non-hydrogen) atoms. The molecule has 2 aromatic rings. The number of hydrogen-bond donors (Lipinski definition) is 2. The predicted molar refractivity (Wildman–Crippen MR) is 74.6 cm³/mol. The van der Waals surface area contributed by atoms with E-state index in [1.54, 1.807) is 37.3 Å². The van der Waals surface area contributed by atoms with Gasteiger partial charge in [-0.05, 0) is 48.4 Å². The van der Waals surface area contributed by atoms with Gasteiger partial charge in [0, 0.05) is 17.1 Å². The Bertz CT molecular complexity index is 644. The van der Waals surface area contributed by atoms with Gasteiger partial charge in [0.15, 0.2) is 0 Å². The molecule has 3 nitrogen and oxygen atoms in total. The molecule has 0 bridgehead atoms. The van der Waals surface area contributed by atoms with Crippen LogP contribution in [0.5, 0.6) is 0 Å². The third-order valence-electron chi connectivity index (χ3n) is 2.87. The molecule has 0 amide bonds. The maximum absolute atomic E-state index is 13.4. The standard InChI is InChI=1S/C15H14FN3/c1-10-2-3-13(9-14(10)16)19-12-4-5-15(18)11(8-12)6-7-17/h2-5,8-9,19H,6,18H2,1H3. The Morgan fingerprint density at radius 2 is 1.89 bits per heavy atom. The van der Waals surface area contributed by atoms with Gasteiger partial charge in [-0.1, -0.05) is 6.07 Å². The Labute approximate surface area is 111 Å². The lowest BCUT2D eigenvalue weighted by Crippen LogP contribution is -1.97. The number of anilines is 3. The van der Waals surface area contributed by atoms with Crippen molar-refractivity contribution >= 4 is 17.1 Å². The van der Waals surface area contributed by atoms with Gasteiger partial charge in [0.05, 0.1) is 12.5 Å². The summed E-state index contributed by atoms with van der Waals surface area (Å²) in [6.07, 6.45) is 0.254. The molecule has 0 saturated carbocycles. The van der Waals surface area contributed by atoms with Crippen LogP contribution in [0.2, 0.25) is 0 Å². The first-order chi connectivity index (χ1) is 9.10. The van der Waals surface area contributed by atoms with Crippen LogP contribution in [-0.2, 0) is 6.42 Å². The molecular weight excluding hydrogens is 241 g/mol. The molecule has 0 radical (unpaired) electrons. The highest BCUT2D eigenvalue weighted by atomic mass is 19.1. The van der Waals surface area contributed by atoms with Crippen LogP contribution >= 0.6 is 0 Å². The molecule has 0 aliphatic heterocycles. The third kappa shape index (κ3) is 3.02. The van der Waals surface area contributed by atoms with Crippen LogP contribution in [0.15, 0.2) is 36.4 Å². The molecule has 0 atom stereocenters. The number of aryl methyl sites for hydroxylation is 1. The lowest BCUT2D eigenvalue weighted by Gasteiger charge is -2.10. The van der Waals surface area contributed by atoms with Crippen molar-refractivity contribution in [3.05, 3.63) is 53.3 Å². The van der Waals surface area contributed by atoms with Crippen molar-refractivity contribution in [1.82, 2.24) is 0 Å². The Hall–Kier alpha value is -2.54. The monoisotopic (exact) mass is 255 g/mol. The van der Waals surface area contributed by atoms with Gasteiger partial charge in [-0.3, -0.25) is 0 Å². The van der Waals surface area contributed by atoms with E-state index in [1.165, 1.54) is 6.07 Å². The normalized spacial score (nSPS) is 9.95. The number of nitrogens with two attached hydrogens (primary N) is 1. The van der Waals surface area contributed by atoms with Gasteiger partial charge in [0.25, 0.3) is 0 Å². The minimum atomic E-state index is -0.252. The van der Waals surface area contributed by atoms with E-state index in [-0.39, 0.29) is 12.2 Å². The van der Waals surface area contributed by atoms with Crippen LogP contribution in [0.4, 0.5) is 21.5 Å². The van der Waals surface area contributed by atoms with Gasteiger partial charge >= 0.3 is 0 Å². The number of nitrogens with zero attached hydrogens (tertiary/aromatic N) is 1. The van der Waals surface area contributed by atoms with Gasteiger partial charge in [-0.2, -0.15) is 5.26 Å². The lowest BCUT2D eigenvalue weighted by molar-refractivity contribution is 0.619. The van der Waals surface area contributed by atoms with E-state index in [9.17, 15) is 4.39 Å². The third-order valence-corrected chi connectivity index (χ3v) is 2.87. The number of nitrogens with one attached hydrogen (secondary N) is 1. The quantitative estimate of drug-likeness (QED) is 0.825. The van der Waals surface area contributed by atoms with Crippen LogP contribution < -0.4 is 11.1 Å². The molecule has 4 heteroatoms. The number of nitriles is 1. The van der Waals surface area contributed by atoms with E-state index >= 15 is 0 Å².